The lowest BCUT2D eigenvalue weighted by molar-refractivity contribution is 0.0946. The Morgan fingerprint density at radius 3 is 2.83 bits per heavy atom. The number of pyridine rings is 1. The number of hydrogen-bond donors (Lipinski definition) is 1. The van der Waals surface area contributed by atoms with Crippen LogP contribution in [0.1, 0.15) is 35.3 Å². The quantitative estimate of drug-likeness (QED) is 0.933. The number of aromatic nitrogens is 3. The van der Waals surface area contributed by atoms with Crippen molar-refractivity contribution in [1.82, 2.24) is 20.3 Å². The third-order valence-corrected chi connectivity index (χ3v) is 3.79. The van der Waals surface area contributed by atoms with Crippen molar-refractivity contribution in [3.05, 3.63) is 47.8 Å². The van der Waals surface area contributed by atoms with E-state index in [2.05, 4.69) is 25.2 Å². The van der Waals surface area contributed by atoms with E-state index in [4.69, 9.17) is 0 Å². The first-order chi connectivity index (χ1) is 11.2. The largest absolute Gasteiger partial charge is 0.346 e. The van der Waals surface area contributed by atoms with Crippen LogP contribution in [0.15, 0.2) is 30.7 Å². The fourth-order valence-corrected chi connectivity index (χ4v) is 2.55. The van der Waals surface area contributed by atoms with Gasteiger partial charge >= 0.3 is 0 Å². The van der Waals surface area contributed by atoms with Crippen LogP contribution in [0.3, 0.4) is 0 Å². The number of halogens is 1. The van der Waals surface area contributed by atoms with Crippen LogP contribution in [0.25, 0.3) is 0 Å². The molecule has 1 saturated heterocycles. The van der Waals surface area contributed by atoms with Crippen LogP contribution in [0.4, 0.5) is 10.3 Å². The van der Waals surface area contributed by atoms with Gasteiger partial charge in [0.1, 0.15) is 0 Å². The van der Waals surface area contributed by atoms with Crippen molar-refractivity contribution >= 4 is 11.9 Å². The third kappa shape index (κ3) is 3.80. The van der Waals surface area contributed by atoms with E-state index in [0.29, 0.717) is 11.6 Å². The number of carbonyl (C=O) groups excluding carboxylic acids is 1. The number of anilines is 1. The molecule has 0 aromatic carbocycles. The molecular formula is C16H18FN5O. The lowest BCUT2D eigenvalue weighted by atomic mass is 10.1. The highest BCUT2D eigenvalue weighted by atomic mass is 19.1. The Morgan fingerprint density at radius 1 is 1.22 bits per heavy atom. The van der Waals surface area contributed by atoms with Gasteiger partial charge in [0.05, 0.1) is 24.0 Å². The fourth-order valence-electron chi connectivity index (χ4n) is 2.55. The molecule has 0 atom stereocenters. The highest BCUT2D eigenvalue weighted by Crippen LogP contribution is 2.15. The van der Waals surface area contributed by atoms with E-state index in [1.807, 2.05) is 0 Å². The minimum Gasteiger partial charge on any atom is -0.346 e. The average Bonchev–Trinajstić information content (AvgIpc) is 2.61. The minimum atomic E-state index is -0.637. The van der Waals surface area contributed by atoms with Gasteiger partial charge in [-0.3, -0.25) is 9.78 Å². The smallest absolute Gasteiger partial charge is 0.254 e. The second-order valence-electron chi connectivity index (χ2n) is 5.43. The van der Waals surface area contributed by atoms with Crippen LogP contribution < -0.4 is 10.2 Å². The molecule has 0 unspecified atom stereocenters. The molecule has 0 aliphatic carbocycles. The molecule has 3 heterocycles. The molecule has 7 heteroatoms. The third-order valence-electron chi connectivity index (χ3n) is 3.79. The summed E-state index contributed by atoms with van der Waals surface area (Å²) in [7, 11) is 0. The van der Waals surface area contributed by atoms with E-state index in [1.165, 1.54) is 18.7 Å². The Bertz CT molecular complexity index is 688. The standard InChI is InChI=1S/C16H18FN5O/c17-14-11-18-6-5-13(14)15(23)20-10-12-4-7-19-16(21-12)22-8-2-1-3-9-22/h4-7,11H,1-3,8-10H2,(H,20,23). The molecule has 6 nitrogen and oxygen atoms in total. The predicted octanol–water partition coefficient (Wildman–Crippen LogP) is 1.93. The van der Waals surface area contributed by atoms with Gasteiger partial charge in [-0.05, 0) is 31.4 Å². The van der Waals surface area contributed by atoms with Crippen molar-refractivity contribution in [2.45, 2.75) is 25.8 Å². The molecule has 1 aliphatic rings. The number of amides is 1. The van der Waals surface area contributed by atoms with Gasteiger partial charge in [0.25, 0.3) is 5.91 Å². The molecule has 23 heavy (non-hydrogen) atoms. The van der Waals surface area contributed by atoms with Gasteiger partial charge in [0.15, 0.2) is 5.82 Å². The predicted molar refractivity (Wildman–Crippen MR) is 83.5 cm³/mol. The van der Waals surface area contributed by atoms with Gasteiger partial charge in [-0.1, -0.05) is 0 Å². The van der Waals surface area contributed by atoms with Crippen molar-refractivity contribution < 1.29 is 9.18 Å². The zero-order valence-electron chi connectivity index (χ0n) is 12.7. The van der Waals surface area contributed by atoms with Crippen molar-refractivity contribution in [2.24, 2.45) is 0 Å². The lowest BCUT2D eigenvalue weighted by Gasteiger charge is -2.26. The maximum absolute atomic E-state index is 13.5. The van der Waals surface area contributed by atoms with E-state index in [9.17, 15) is 9.18 Å². The summed E-state index contributed by atoms with van der Waals surface area (Å²) in [6.45, 7) is 2.14. The van der Waals surface area contributed by atoms with Gasteiger partial charge in [0.2, 0.25) is 5.95 Å². The zero-order chi connectivity index (χ0) is 16.1. The molecule has 1 fully saturated rings. The molecule has 0 radical (unpaired) electrons. The SMILES string of the molecule is O=C(NCc1ccnc(N2CCCCC2)n1)c1ccncc1F. The fraction of sp³-hybridized carbons (Fsp3) is 0.375. The van der Waals surface area contributed by atoms with Gasteiger partial charge < -0.3 is 10.2 Å². The Labute approximate surface area is 133 Å². The summed E-state index contributed by atoms with van der Waals surface area (Å²) in [6.07, 6.45) is 7.62. The summed E-state index contributed by atoms with van der Waals surface area (Å²) in [5.41, 5.74) is 0.675. The molecule has 0 saturated carbocycles. The molecule has 3 rings (SSSR count). The van der Waals surface area contributed by atoms with Gasteiger partial charge in [-0.25, -0.2) is 14.4 Å². The summed E-state index contributed by atoms with van der Waals surface area (Å²) in [5, 5.41) is 2.67. The van der Waals surface area contributed by atoms with Crippen molar-refractivity contribution in [3.63, 3.8) is 0 Å². The molecule has 0 bridgehead atoms. The summed E-state index contributed by atoms with van der Waals surface area (Å²) in [5.74, 6) is -0.434. The highest BCUT2D eigenvalue weighted by Gasteiger charge is 2.14. The van der Waals surface area contributed by atoms with Crippen LogP contribution in [0, 0.1) is 5.82 Å². The number of carbonyl (C=O) groups is 1. The lowest BCUT2D eigenvalue weighted by Crippen LogP contribution is -2.31. The Kier molecular flexibility index (Phi) is 4.75. The van der Waals surface area contributed by atoms with Gasteiger partial charge in [-0.15, -0.1) is 0 Å². The Balaban J connectivity index is 1.64. The van der Waals surface area contributed by atoms with Crippen molar-refractivity contribution in [1.29, 1.82) is 0 Å². The summed E-state index contributed by atoms with van der Waals surface area (Å²) < 4.78 is 13.5. The summed E-state index contributed by atoms with van der Waals surface area (Å²) in [6, 6.07) is 3.10. The van der Waals surface area contributed by atoms with Crippen LogP contribution in [-0.4, -0.2) is 33.9 Å². The first-order valence-corrected chi connectivity index (χ1v) is 7.68. The molecule has 1 amide bonds. The molecule has 1 aliphatic heterocycles. The van der Waals surface area contributed by atoms with Gasteiger partial charge in [0, 0.05) is 25.5 Å². The van der Waals surface area contributed by atoms with Crippen LogP contribution in [-0.2, 0) is 6.54 Å². The van der Waals surface area contributed by atoms with E-state index >= 15 is 0 Å². The topological polar surface area (TPSA) is 71.0 Å². The van der Waals surface area contributed by atoms with Crippen molar-refractivity contribution in [2.75, 3.05) is 18.0 Å². The van der Waals surface area contributed by atoms with Gasteiger partial charge in [-0.2, -0.15) is 0 Å². The minimum absolute atomic E-state index is 0.0229. The molecular weight excluding hydrogens is 297 g/mol. The van der Waals surface area contributed by atoms with E-state index in [-0.39, 0.29) is 12.1 Å². The molecule has 1 N–H and O–H groups in total. The molecule has 2 aromatic rings. The summed E-state index contributed by atoms with van der Waals surface area (Å²) in [4.78, 5) is 26.5. The van der Waals surface area contributed by atoms with E-state index in [0.717, 1.165) is 32.1 Å². The number of piperidine rings is 1. The van der Waals surface area contributed by atoms with Crippen LogP contribution >= 0.6 is 0 Å². The first-order valence-electron chi connectivity index (χ1n) is 7.68. The highest BCUT2D eigenvalue weighted by molar-refractivity contribution is 5.94. The maximum atomic E-state index is 13.5. The number of rotatable bonds is 4. The summed E-state index contributed by atoms with van der Waals surface area (Å²) >= 11 is 0. The Morgan fingerprint density at radius 2 is 2.04 bits per heavy atom. The Hall–Kier alpha value is -2.57. The van der Waals surface area contributed by atoms with Crippen LogP contribution in [0.5, 0.6) is 0 Å². The second kappa shape index (κ2) is 7.13. The monoisotopic (exact) mass is 315 g/mol. The van der Waals surface area contributed by atoms with Crippen LogP contribution in [0.2, 0.25) is 0 Å². The average molecular weight is 315 g/mol. The number of nitrogens with one attached hydrogen (secondary N) is 1. The molecule has 2 aromatic heterocycles. The van der Waals surface area contributed by atoms with Crippen molar-refractivity contribution in [3.8, 4) is 0 Å². The second-order valence-corrected chi connectivity index (χ2v) is 5.43. The zero-order valence-corrected chi connectivity index (χ0v) is 12.7. The number of nitrogens with zero attached hydrogens (tertiary/aromatic N) is 4. The van der Waals surface area contributed by atoms with E-state index < -0.39 is 11.7 Å². The maximum Gasteiger partial charge on any atom is 0.254 e. The normalized spacial score (nSPS) is 14.6. The first kappa shape index (κ1) is 15.3. The molecule has 0 spiro atoms. The number of hydrogen-bond acceptors (Lipinski definition) is 5. The van der Waals surface area contributed by atoms with E-state index in [1.54, 1.807) is 12.3 Å². The molecule has 120 valence electrons.